The minimum atomic E-state index is -1.46. The van der Waals surface area contributed by atoms with Crippen molar-refractivity contribution in [2.24, 2.45) is 17.8 Å². The van der Waals surface area contributed by atoms with E-state index in [4.69, 9.17) is 4.74 Å². The maximum atomic E-state index is 15.7. The number of aliphatic carboxylic acids is 1. The first-order valence-corrected chi connectivity index (χ1v) is 14.0. The Kier molecular flexibility index (Phi) is 6.56. The van der Waals surface area contributed by atoms with Crippen molar-refractivity contribution < 1.29 is 28.6 Å². The second-order valence-electron chi connectivity index (χ2n) is 11.9. The van der Waals surface area contributed by atoms with Crippen LogP contribution >= 0.6 is 0 Å². The lowest BCUT2D eigenvalue weighted by Gasteiger charge is -2.60. The summed E-state index contributed by atoms with van der Waals surface area (Å²) in [6, 6.07) is -1.30. The predicted octanol–water partition coefficient (Wildman–Crippen LogP) is 2.27. The fourth-order valence-electron chi connectivity index (χ4n) is 8.14. The van der Waals surface area contributed by atoms with Crippen molar-refractivity contribution >= 4 is 17.7 Å². The van der Waals surface area contributed by atoms with Crippen molar-refractivity contribution in [3.8, 4) is 0 Å². The van der Waals surface area contributed by atoms with E-state index < -0.39 is 42.0 Å². The van der Waals surface area contributed by atoms with Gasteiger partial charge < -0.3 is 25.0 Å². The van der Waals surface area contributed by atoms with Gasteiger partial charge in [-0.2, -0.15) is 0 Å². The SMILES string of the molecule is O=C(CCN1CCCC1)NC1C(F)CC2C(=O)C(C(=O)O)=CN3C4CC5CCCCC5CC4OC1C23. The van der Waals surface area contributed by atoms with E-state index in [-0.39, 0.29) is 30.0 Å². The average Bonchev–Trinajstić information content (AvgIpc) is 3.39. The Balaban J connectivity index is 1.27. The van der Waals surface area contributed by atoms with E-state index in [0.29, 0.717) is 24.8 Å². The molecule has 9 heteroatoms. The van der Waals surface area contributed by atoms with Crippen LogP contribution in [0.4, 0.5) is 4.39 Å². The lowest BCUT2D eigenvalue weighted by molar-refractivity contribution is -0.208. The number of halogens is 1. The van der Waals surface area contributed by atoms with Crippen LogP contribution in [0.5, 0.6) is 0 Å². The summed E-state index contributed by atoms with van der Waals surface area (Å²) in [6.45, 7) is 2.66. The van der Waals surface area contributed by atoms with Gasteiger partial charge in [0.25, 0.3) is 0 Å². The fourth-order valence-corrected chi connectivity index (χ4v) is 8.14. The monoisotopic (exact) mass is 503 g/mol. The van der Waals surface area contributed by atoms with Gasteiger partial charge in [-0.25, -0.2) is 9.18 Å². The van der Waals surface area contributed by atoms with Crippen LogP contribution in [-0.2, 0) is 19.1 Å². The molecule has 2 saturated heterocycles. The molecule has 8 nitrogen and oxygen atoms in total. The Bertz CT molecular complexity index is 936. The molecule has 1 amide bonds. The first-order chi connectivity index (χ1) is 17.4. The zero-order valence-electron chi connectivity index (χ0n) is 20.8. The molecule has 0 aromatic heterocycles. The van der Waals surface area contributed by atoms with E-state index in [1.54, 1.807) is 0 Å². The number of carbonyl (C=O) groups excluding carboxylic acids is 2. The van der Waals surface area contributed by atoms with E-state index in [0.717, 1.165) is 38.8 Å². The Morgan fingerprint density at radius 3 is 2.53 bits per heavy atom. The van der Waals surface area contributed by atoms with Gasteiger partial charge in [-0.1, -0.05) is 25.7 Å². The van der Waals surface area contributed by atoms with Crippen molar-refractivity contribution in [3.63, 3.8) is 0 Å². The Morgan fingerprint density at radius 2 is 1.81 bits per heavy atom. The molecule has 3 aliphatic heterocycles. The molecule has 5 fully saturated rings. The smallest absolute Gasteiger partial charge is 0.340 e. The number of alkyl halides is 1. The van der Waals surface area contributed by atoms with Gasteiger partial charge in [0.2, 0.25) is 5.91 Å². The van der Waals surface area contributed by atoms with E-state index in [1.165, 1.54) is 31.9 Å². The second kappa shape index (κ2) is 9.71. The average molecular weight is 504 g/mol. The maximum absolute atomic E-state index is 15.7. The highest BCUT2D eigenvalue weighted by atomic mass is 19.1. The Hall–Kier alpha value is -2.00. The third-order valence-corrected chi connectivity index (χ3v) is 9.90. The van der Waals surface area contributed by atoms with E-state index in [1.807, 2.05) is 0 Å². The largest absolute Gasteiger partial charge is 0.478 e. The lowest BCUT2D eigenvalue weighted by atomic mass is 9.65. The molecule has 3 aliphatic carbocycles. The molecule has 0 aromatic carbocycles. The predicted molar refractivity (Wildman–Crippen MR) is 129 cm³/mol. The molecule has 0 radical (unpaired) electrons. The van der Waals surface area contributed by atoms with E-state index in [2.05, 4.69) is 15.1 Å². The number of morpholine rings is 1. The molecule has 0 aromatic rings. The number of rotatable bonds is 5. The summed E-state index contributed by atoms with van der Waals surface area (Å²) in [7, 11) is 0. The van der Waals surface area contributed by atoms with Crippen molar-refractivity contribution in [2.45, 2.75) is 101 Å². The van der Waals surface area contributed by atoms with Crippen molar-refractivity contribution in [1.29, 1.82) is 0 Å². The number of nitrogens with zero attached hydrogens (tertiary/aromatic N) is 2. The number of hydrogen-bond acceptors (Lipinski definition) is 6. The molecule has 0 bridgehead atoms. The third kappa shape index (κ3) is 4.26. The quantitative estimate of drug-likeness (QED) is 0.556. The van der Waals surface area contributed by atoms with E-state index >= 15 is 4.39 Å². The molecule has 3 heterocycles. The molecule has 9 unspecified atom stereocenters. The number of ether oxygens (including phenoxy) is 1. The molecule has 0 spiro atoms. The number of carboxylic acid groups (broad SMARTS) is 1. The molecule has 6 rings (SSSR count). The van der Waals surface area contributed by atoms with Crippen molar-refractivity contribution in [2.75, 3.05) is 19.6 Å². The molecular weight excluding hydrogens is 465 g/mol. The minimum Gasteiger partial charge on any atom is -0.478 e. The molecule has 9 atom stereocenters. The summed E-state index contributed by atoms with van der Waals surface area (Å²) in [5.74, 6) is -1.58. The number of carbonyl (C=O) groups is 3. The molecule has 3 saturated carbocycles. The molecule has 198 valence electrons. The zero-order valence-corrected chi connectivity index (χ0v) is 20.8. The molecular formula is C27H38FN3O5. The summed E-state index contributed by atoms with van der Waals surface area (Å²) < 4.78 is 22.3. The van der Waals surface area contributed by atoms with Gasteiger partial charge in [-0.15, -0.1) is 0 Å². The van der Waals surface area contributed by atoms with Gasteiger partial charge in [0, 0.05) is 25.1 Å². The van der Waals surface area contributed by atoms with Gasteiger partial charge in [0.15, 0.2) is 5.78 Å². The van der Waals surface area contributed by atoms with Crippen LogP contribution in [0.25, 0.3) is 0 Å². The van der Waals surface area contributed by atoms with Crippen LogP contribution in [0.3, 0.4) is 0 Å². The highest BCUT2D eigenvalue weighted by Crippen LogP contribution is 2.50. The lowest BCUT2D eigenvalue weighted by Crippen LogP contribution is -2.73. The summed E-state index contributed by atoms with van der Waals surface area (Å²) in [5, 5.41) is 12.7. The Morgan fingerprint density at radius 1 is 1.08 bits per heavy atom. The molecule has 36 heavy (non-hydrogen) atoms. The topological polar surface area (TPSA) is 99.2 Å². The Labute approximate surface area is 211 Å². The summed E-state index contributed by atoms with van der Waals surface area (Å²) in [4.78, 5) is 42.3. The fraction of sp³-hybridized carbons (Fsp3) is 0.815. The van der Waals surface area contributed by atoms with Crippen LogP contribution in [0.15, 0.2) is 11.8 Å². The van der Waals surface area contributed by atoms with Gasteiger partial charge in [-0.3, -0.25) is 9.59 Å². The number of amides is 1. The maximum Gasteiger partial charge on any atom is 0.340 e. The highest BCUT2D eigenvalue weighted by molar-refractivity contribution is 6.18. The standard InChI is InChI=1S/C27H38FN3O5/c28-19-13-17-24-26(23(19)29-22(32)7-10-30-8-3-4-9-30)36-21-12-16-6-2-1-5-15(16)11-20(21)31(24)14-18(25(17)33)27(34)35/h14-17,19-21,23-24,26H,1-13H2,(H,29,32)(H,34,35). The third-order valence-electron chi connectivity index (χ3n) is 9.90. The number of Topliss-reactive ketones (excluding diaryl/α,β-unsaturated/α-hetero) is 1. The number of fused-ring (bicyclic) bond motifs is 3. The summed E-state index contributed by atoms with van der Waals surface area (Å²) in [6.07, 6.45) is 8.32. The van der Waals surface area contributed by atoms with E-state index in [9.17, 15) is 19.5 Å². The van der Waals surface area contributed by atoms with Crippen LogP contribution in [-0.4, -0.2) is 88.7 Å². The first kappa shape index (κ1) is 24.3. The number of carboxylic acids is 1. The number of hydrogen-bond donors (Lipinski definition) is 2. The highest BCUT2D eigenvalue weighted by Gasteiger charge is 2.60. The van der Waals surface area contributed by atoms with Crippen LogP contribution in [0.2, 0.25) is 0 Å². The summed E-state index contributed by atoms with van der Waals surface area (Å²) in [5.41, 5.74) is -0.248. The van der Waals surface area contributed by atoms with Crippen LogP contribution in [0, 0.1) is 17.8 Å². The normalized spacial score (nSPS) is 42.1. The van der Waals surface area contributed by atoms with Gasteiger partial charge in [0.05, 0.1) is 24.2 Å². The van der Waals surface area contributed by atoms with Gasteiger partial charge >= 0.3 is 5.97 Å². The minimum absolute atomic E-state index is 0.0155. The second-order valence-corrected chi connectivity index (χ2v) is 11.9. The number of ketones is 1. The zero-order chi connectivity index (χ0) is 25.0. The van der Waals surface area contributed by atoms with Gasteiger partial charge in [-0.05, 0) is 57.0 Å². The first-order valence-electron chi connectivity index (χ1n) is 14.0. The van der Waals surface area contributed by atoms with Crippen molar-refractivity contribution in [3.05, 3.63) is 11.8 Å². The van der Waals surface area contributed by atoms with Gasteiger partial charge in [0.1, 0.15) is 17.8 Å². The molecule has 2 N–H and O–H groups in total. The number of nitrogens with one attached hydrogen (secondary N) is 1. The van der Waals surface area contributed by atoms with Crippen molar-refractivity contribution in [1.82, 2.24) is 15.1 Å². The van der Waals surface area contributed by atoms with Crippen LogP contribution in [0.1, 0.15) is 64.2 Å². The molecule has 6 aliphatic rings. The number of likely N-dealkylation sites (tertiary alicyclic amines) is 1. The van der Waals surface area contributed by atoms with Crippen LogP contribution < -0.4 is 5.32 Å². The summed E-state index contributed by atoms with van der Waals surface area (Å²) >= 11 is 0.